The first kappa shape index (κ1) is 11.2. The molecule has 0 fully saturated rings. The molecule has 1 aromatic heterocycles. The van der Waals surface area contributed by atoms with Gasteiger partial charge < -0.3 is 20.1 Å². The quantitative estimate of drug-likeness (QED) is 0.643. The van der Waals surface area contributed by atoms with Gasteiger partial charge in [-0.15, -0.1) is 0 Å². The topological polar surface area (TPSA) is 111 Å². The molecule has 0 aromatic carbocycles. The normalized spacial score (nSPS) is 14.2. The largest absolute Gasteiger partial charge is 0.477 e. The first-order valence-corrected chi connectivity index (χ1v) is 4.95. The van der Waals surface area contributed by atoms with Crippen molar-refractivity contribution in [1.29, 1.82) is 0 Å². The molecule has 0 spiro atoms. The van der Waals surface area contributed by atoms with E-state index in [2.05, 4.69) is 4.98 Å². The maximum Gasteiger partial charge on any atom is 0.407 e. The third kappa shape index (κ3) is 1.99. The lowest BCUT2D eigenvalue weighted by molar-refractivity contribution is 0.0694. The number of aromatic nitrogens is 1. The monoisotopic (exact) mass is 238 g/mol. The number of rotatable bonds is 1. The molecule has 0 unspecified atom stereocenters. The fraction of sp³-hybridized carbons (Fsp3) is 0.300. The van der Waals surface area contributed by atoms with Crippen LogP contribution in [0.4, 0.5) is 4.79 Å². The van der Waals surface area contributed by atoms with E-state index in [0.29, 0.717) is 24.2 Å². The number of fused-ring (bicyclic) bond motifs is 1. The van der Waals surface area contributed by atoms with Crippen LogP contribution in [0.5, 0.6) is 0 Å². The summed E-state index contributed by atoms with van der Waals surface area (Å²) in [6.45, 7) is 0.395. The van der Waals surface area contributed by atoms with Gasteiger partial charge in [-0.2, -0.15) is 0 Å². The van der Waals surface area contributed by atoms with Crippen LogP contribution < -0.4 is 5.56 Å². The van der Waals surface area contributed by atoms with Crippen molar-refractivity contribution in [3.05, 3.63) is 33.2 Å². The minimum Gasteiger partial charge on any atom is -0.477 e. The van der Waals surface area contributed by atoms with E-state index in [0.717, 1.165) is 0 Å². The highest BCUT2D eigenvalue weighted by molar-refractivity contribution is 5.87. The number of aromatic carboxylic acids is 1. The minimum absolute atomic E-state index is 0.0989. The first-order valence-electron chi connectivity index (χ1n) is 4.95. The number of nitrogens with zero attached hydrogens (tertiary/aromatic N) is 1. The van der Waals surface area contributed by atoms with Gasteiger partial charge in [0, 0.05) is 18.7 Å². The molecule has 1 aliphatic heterocycles. The fourth-order valence-corrected chi connectivity index (χ4v) is 1.83. The summed E-state index contributed by atoms with van der Waals surface area (Å²) in [6, 6.07) is 1.24. The molecule has 0 aliphatic carbocycles. The van der Waals surface area contributed by atoms with Crippen LogP contribution in [0.2, 0.25) is 0 Å². The van der Waals surface area contributed by atoms with Crippen molar-refractivity contribution >= 4 is 12.1 Å². The van der Waals surface area contributed by atoms with E-state index in [1.54, 1.807) is 0 Å². The number of carbonyl (C=O) groups is 2. The summed E-state index contributed by atoms with van der Waals surface area (Å²) in [7, 11) is 0. The lowest BCUT2D eigenvalue weighted by Crippen LogP contribution is -2.36. The predicted molar refractivity (Wildman–Crippen MR) is 56.2 cm³/mol. The van der Waals surface area contributed by atoms with E-state index in [1.807, 2.05) is 0 Å². The van der Waals surface area contributed by atoms with E-state index in [-0.39, 0.29) is 12.1 Å². The molecule has 0 saturated heterocycles. The summed E-state index contributed by atoms with van der Waals surface area (Å²) >= 11 is 0. The molecule has 7 heteroatoms. The Balaban J connectivity index is 2.44. The van der Waals surface area contributed by atoms with Gasteiger partial charge in [0.05, 0.1) is 6.54 Å². The Morgan fingerprint density at radius 3 is 2.65 bits per heavy atom. The van der Waals surface area contributed by atoms with Crippen molar-refractivity contribution < 1.29 is 19.8 Å². The summed E-state index contributed by atoms with van der Waals surface area (Å²) in [6.07, 6.45) is -0.671. The lowest BCUT2D eigenvalue weighted by atomic mass is 10.0. The van der Waals surface area contributed by atoms with Crippen LogP contribution in [0.3, 0.4) is 0 Å². The van der Waals surface area contributed by atoms with Gasteiger partial charge in [0.1, 0.15) is 5.56 Å². The molecule has 3 N–H and O–H groups in total. The summed E-state index contributed by atoms with van der Waals surface area (Å²) in [4.78, 5) is 36.6. The lowest BCUT2D eigenvalue weighted by Gasteiger charge is -2.26. The smallest absolute Gasteiger partial charge is 0.407 e. The molecular formula is C10H10N2O5. The van der Waals surface area contributed by atoms with Gasteiger partial charge in [-0.3, -0.25) is 4.79 Å². The van der Waals surface area contributed by atoms with Crippen molar-refractivity contribution in [2.75, 3.05) is 6.54 Å². The zero-order chi connectivity index (χ0) is 12.6. The van der Waals surface area contributed by atoms with E-state index < -0.39 is 17.6 Å². The Morgan fingerprint density at radius 2 is 2.06 bits per heavy atom. The molecule has 0 atom stereocenters. The predicted octanol–water partition coefficient (Wildman–Crippen LogP) is 0.109. The maximum absolute atomic E-state index is 11.4. The molecule has 17 heavy (non-hydrogen) atoms. The number of nitrogens with one attached hydrogen (secondary N) is 1. The average Bonchev–Trinajstić information content (AvgIpc) is 2.27. The number of amides is 1. The van der Waals surface area contributed by atoms with Gasteiger partial charge in [0.2, 0.25) is 0 Å². The van der Waals surface area contributed by atoms with E-state index >= 15 is 0 Å². The Morgan fingerprint density at radius 1 is 1.35 bits per heavy atom. The van der Waals surface area contributed by atoms with Gasteiger partial charge in [-0.25, -0.2) is 9.59 Å². The zero-order valence-electron chi connectivity index (χ0n) is 8.77. The van der Waals surface area contributed by atoms with E-state index in [9.17, 15) is 14.4 Å². The molecule has 1 amide bonds. The second-order valence-corrected chi connectivity index (χ2v) is 3.78. The van der Waals surface area contributed by atoms with Crippen LogP contribution in [0, 0.1) is 0 Å². The number of carboxylic acid groups (broad SMARTS) is 2. The SMILES string of the molecule is O=C(O)c1cc2c([nH]c1=O)CCN(C(=O)O)C2. The maximum atomic E-state index is 11.4. The number of hydrogen-bond acceptors (Lipinski definition) is 3. The number of pyridine rings is 1. The van der Waals surface area contributed by atoms with Crippen LogP contribution in [-0.4, -0.2) is 38.7 Å². The standard InChI is InChI=1S/C10H10N2O5/c13-8-6(9(14)15)3-5-4-12(10(16)17)2-1-7(5)11-8/h3H,1-2,4H2,(H,11,13)(H,14,15)(H,16,17). The minimum atomic E-state index is -1.32. The molecule has 2 heterocycles. The van der Waals surface area contributed by atoms with Gasteiger partial charge >= 0.3 is 12.1 Å². The highest BCUT2D eigenvalue weighted by Crippen LogP contribution is 2.16. The van der Waals surface area contributed by atoms with Crippen LogP contribution in [0.1, 0.15) is 21.6 Å². The van der Waals surface area contributed by atoms with Crippen LogP contribution in [0.15, 0.2) is 10.9 Å². The summed E-state index contributed by atoms with van der Waals surface area (Å²) in [5, 5.41) is 17.6. The molecule has 1 aliphatic rings. The van der Waals surface area contributed by atoms with Crippen LogP contribution in [0.25, 0.3) is 0 Å². The second kappa shape index (κ2) is 3.93. The molecule has 7 nitrogen and oxygen atoms in total. The number of H-pyrrole nitrogens is 1. The number of carboxylic acids is 1. The average molecular weight is 238 g/mol. The van der Waals surface area contributed by atoms with Gasteiger partial charge in [0.15, 0.2) is 0 Å². The van der Waals surface area contributed by atoms with Gasteiger partial charge in [-0.1, -0.05) is 0 Å². The van der Waals surface area contributed by atoms with Crippen molar-refractivity contribution in [3.63, 3.8) is 0 Å². The van der Waals surface area contributed by atoms with Gasteiger partial charge in [-0.05, 0) is 11.6 Å². The Labute approximate surface area is 95.3 Å². The third-order valence-corrected chi connectivity index (χ3v) is 2.71. The van der Waals surface area contributed by atoms with Crippen molar-refractivity contribution in [2.45, 2.75) is 13.0 Å². The third-order valence-electron chi connectivity index (χ3n) is 2.71. The molecular weight excluding hydrogens is 228 g/mol. The molecule has 1 aromatic rings. The van der Waals surface area contributed by atoms with Crippen LogP contribution >= 0.6 is 0 Å². The highest BCUT2D eigenvalue weighted by atomic mass is 16.4. The van der Waals surface area contributed by atoms with Gasteiger partial charge in [0.25, 0.3) is 5.56 Å². The second-order valence-electron chi connectivity index (χ2n) is 3.78. The van der Waals surface area contributed by atoms with E-state index in [4.69, 9.17) is 10.2 Å². The number of hydrogen-bond donors (Lipinski definition) is 3. The Kier molecular flexibility index (Phi) is 2.58. The molecule has 0 bridgehead atoms. The Hall–Kier alpha value is -2.31. The van der Waals surface area contributed by atoms with Crippen molar-refractivity contribution in [2.24, 2.45) is 0 Å². The zero-order valence-corrected chi connectivity index (χ0v) is 8.77. The molecule has 0 radical (unpaired) electrons. The van der Waals surface area contributed by atoms with Crippen molar-refractivity contribution in [3.8, 4) is 0 Å². The molecule has 0 saturated carbocycles. The fourth-order valence-electron chi connectivity index (χ4n) is 1.83. The first-order chi connectivity index (χ1) is 7.99. The Bertz CT molecular complexity index is 548. The summed E-state index contributed by atoms with van der Waals surface area (Å²) in [5.41, 5.74) is 0.129. The van der Waals surface area contributed by atoms with Crippen LogP contribution in [-0.2, 0) is 13.0 Å². The number of aromatic amines is 1. The van der Waals surface area contributed by atoms with E-state index in [1.165, 1.54) is 11.0 Å². The molecule has 2 rings (SSSR count). The summed E-state index contributed by atoms with van der Waals surface area (Å²) in [5.74, 6) is -1.32. The summed E-state index contributed by atoms with van der Waals surface area (Å²) < 4.78 is 0. The highest BCUT2D eigenvalue weighted by Gasteiger charge is 2.22. The van der Waals surface area contributed by atoms with Crippen molar-refractivity contribution in [1.82, 2.24) is 9.88 Å². The molecule has 90 valence electrons.